The molecule has 0 aliphatic heterocycles. The van der Waals surface area contributed by atoms with Crippen LogP contribution in [0.25, 0.3) is 0 Å². The first kappa shape index (κ1) is 13.3. The van der Waals surface area contributed by atoms with Gasteiger partial charge in [0.2, 0.25) is 0 Å². The molecule has 5 nitrogen and oxygen atoms in total. The van der Waals surface area contributed by atoms with Gasteiger partial charge in [0.05, 0.1) is 5.69 Å². The van der Waals surface area contributed by atoms with Crippen LogP contribution in [-0.2, 0) is 10.0 Å². The van der Waals surface area contributed by atoms with E-state index in [1.54, 1.807) is 12.1 Å². The highest BCUT2D eigenvalue weighted by atomic mass is 32.2. The van der Waals surface area contributed by atoms with E-state index in [0.717, 1.165) is 12.8 Å². The molecular formula is C12H19N3O2S. The van der Waals surface area contributed by atoms with Crippen LogP contribution in [0.15, 0.2) is 23.4 Å². The van der Waals surface area contributed by atoms with Crippen molar-refractivity contribution in [1.82, 2.24) is 9.29 Å². The molecule has 0 aromatic carbocycles. The molecule has 18 heavy (non-hydrogen) atoms. The Balaban J connectivity index is 2.25. The minimum absolute atomic E-state index is 0.0221. The molecule has 1 aliphatic rings. The molecule has 0 amide bonds. The zero-order valence-corrected chi connectivity index (χ0v) is 11.4. The first-order valence-corrected chi connectivity index (χ1v) is 7.70. The van der Waals surface area contributed by atoms with Gasteiger partial charge in [0, 0.05) is 19.3 Å². The fourth-order valence-corrected chi connectivity index (χ4v) is 3.65. The molecule has 0 unspecified atom stereocenters. The van der Waals surface area contributed by atoms with Crippen molar-refractivity contribution in [2.45, 2.75) is 31.2 Å². The van der Waals surface area contributed by atoms with E-state index < -0.39 is 10.0 Å². The summed E-state index contributed by atoms with van der Waals surface area (Å²) in [6.07, 6.45) is 4.89. The number of anilines is 1. The van der Waals surface area contributed by atoms with Crippen molar-refractivity contribution in [3.05, 3.63) is 18.3 Å². The maximum absolute atomic E-state index is 12.4. The van der Waals surface area contributed by atoms with Crippen LogP contribution < -0.4 is 5.73 Å². The smallest absolute Gasteiger partial charge is 0.262 e. The molecule has 0 spiro atoms. The Morgan fingerprint density at radius 1 is 1.50 bits per heavy atom. The number of nitrogen functional groups attached to an aromatic ring is 1. The number of hydrogen-bond donors (Lipinski definition) is 1. The van der Waals surface area contributed by atoms with Gasteiger partial charge in [-0.05, 0) is 30.9 Å². The van der Waals surface area contributed by atoms with E-state index in [4.69, 9.17) is 5.73 Å². The predicted molar refractivity (Wildman–Crippen MR) is 70.4 cm³/mol. The fraction of sp³-hybridized carbons (Fsp3) is 0.583. The van der Waals surface area contributed by atoms with Crippen LogP contribution in [0.3, 0.4) is 0 Å². The van der Waals surface area contributed by atoms with E-state index in [-0.39, 0.29) is 10.7 Å². The van der Waals surface area contributed by atoms with Gasteiger partial charge in [0.15, 0.2) is 5.03 Å². The average molecular weight is 269 g/mol. The van der Waals surface area contributed by atoms with Gasteiger partial charge in [-0.2, -0.15) is 4.31 Å². The van der Waals surface area contributed by atoms with Gasteiger partial charge in [-0.15, -0.1) is 0 Å². The zero-order valence-electron chi connectivity index (χ0n) is 10.5. The SMILES string of the molecule is CCN(CC1CCC1)S(=O)(=O)c1ncccc1N. The maximum Gasteiger partial charge on any atom is 0.262 e. The van der Waals surface area contributed by atoms with E-state index in [1.165, 1.54) is 16.9 Å². The van der Waals surface area contributed by atoms with Crippen molar-refractivity contribution in [1.29, 1.82) is 0 Å². The summed E-state index contributed by atoms with van der Waals surface area (Å²) < 4.78 is 26.4. The van der Waals surface area contributed by atoms with Gasteiger partial charge in [0.25, 0.3) is 10.0 Å². The minimum Gasteiger partial charge on any atom is -0.396 e. The normalized spacial score (nSPS) is 16.8. The molecule has 1 aromatic heterocycles. The van der Waals surface area contributed by atoms with Crippen LogP contribution in [0.4, 0.5) is 5.69 Å². The molecule has 1 saturated carbocycles. The summed E-state index contributed by atoms with van der Waals surface area (Å²) in [6, 6.07) is 3.20. The lowest BCUT2D eigenvalue weighted by Crippen LogP contribution is -2.37. The third-order valence-electron chi connectivity index (χ3n) is 3.42. The molecule has 1 fully saturated rings. The van der Waals surface area contributed by atoms with Crippen molar-refractivity contribution >= 4 is 15.7 Å². The number of pyridine rings is 1. The first-order chi connectivity index (χ1) is 8.55. The molecule has 1 heterocycles. The monoisotopic (exact) mass is 269 g/mol. The van der Waals surface area contributed by atoms with E-state index in [0.29, 0.717) is 19.0 Å². The average Bonchev–Trinajstić information content (AvgIpc) is 2.27. The quantitative estimate of drug-likeness (QED) is 0.878. The molecule has 0 radical (unpaired) electrons. The van der Waals surface area contributed by atoms with E-state index in [9.17, 15) is 8.42 Å². The standard InChI is InChI=1S/C12H19N3O2S/c1-2-15(9-10-5-3-6-10)18(16,17)12-11(13)7-4-8-14-12/h4,7-8,10H,2-3,5-6,9,13H2,1H3. The van der Waals surface area contributed by atoms with Gasteiger partial charge < -0.3 is 5.73 Å². The Morgan fingerprint density at radius 2 is 2.22 bits per heavy atom. The van der Waals surface area contributed by atoms with Gasteiger partial charge in [-0.1, -0.05) is 13.3 Å². The molecule has 2 N–H and O–H groups in total. The Labute approximate surface area is 108 Å². The van der Waals surface area contributed by atoms with Crippen LogP contribution in [0.2, 0.25) is 0 Å². The molecule has 100 valence electrons. The number of aromatic nitrogens is 1. The van der Waals surface area contributed by atoms with Crippen LogP contribution >= 0.6 is 0 Å². The summed E-state index contributed by atoms with van der Waals surface area (Å²) in [5.41, 5.74) is 5.92. The molecule has 6 heteroatoms. The Bertz CT molecular complexity index is 512. The molecular weight excluding hydrogens is 250 g/mol. The highest BCUT2D eigenvalue weighted by Crippen LogP contribution is 2.29. The van der Waals surface area contributed by atoms with Gasteiger partial charge in [-0.25, -0.2) is 13.4 Å². The highest BCUT2D eigenvalue weighted by Gasteiger charge is 2.30. The lowest BCUT2D eigenvalue weighted by Gasteiger charge is -2.31. The molecule has 0 saturated heterocycles. The first-order valence-electron chi connectivity index (χ1n) is 6.26. The number of nitrogens with two attached hydrogens (primary N) is 1. The minimum atomic E-state index is -3.56. The summed E-state index contributed by atoms with van der Waals surface area (Å²) in [7, 11) is -3.56. The van der Waals surface area contributed by atoms with E-state index in [2.05, 4.69) is 4.98 Å². The van der Waals surface area contributed by atoms with Crippen molar-refractivity contribution in [3.8, 4) is 0 Å². The molecule has 2 rings (SSSR count). The molecule has 0 atom stereocenters. The molecule has 1 aromatic rings. The third-order valence-corrected chi connectivity index (χ3v) is 5.34. The number of nitrogens with zero attached hydrogens (tertiary/aromatic N) is 2. The Morgan fingerprint density at radius 3 is 2.72 bits per heavy atom. The van der Waals surface area contributed by atoms with Gasteiger partial charge in [0.1, 0.15) is 0 Å². The number of sulfonamides is 1. The predicted octanol–water partition coefficient (Wildman–Crippen LogP) is 1.47. The van der Waals surface area contributed by atoms with Crippen LogP contribution in [0.1, 0.15) is 26.2 Å². The fourth-order valence-electron chi connectivity index (χ4n) is 2.10. The highest BCUT2D eigenvalue weighted by molar-refractivity contribution is 7.89. The molecule has 0 bridgehead atoms. The summed E-state index contributed by atoms with van der Waals surface area (Å²) in [5, 5.41) is -0.0221. The summed E-state index contributed by atoms with van der Waals surface area (Å²) in [5.74, 6) is 0.490. The third kappa shape index (κ3) is 2.49. The molecule has 1 aliphatic carbocycles. The van der Waals surface area contributed by atoms with Crippen molar-refractivity contribution in [2.24, 2.45) is 5.92 Å². The van der Waals surface area contributed by atoms with Crippen LogP contribution in [0.5, 0.6) is 0 Å². The van der Waals surface area contributed by atoms with Gasteiger partial charge in [-0.3, -0.25) is 0 Å². The van der Waals surface area contributed by atoms with Crippen LogP contribution in [-0.4, -0.2) is 30.8 Å². The maximum atomic E-state index is 12.4. The topological polar surface area (TPSA) is 76.3 Å². The summed E-state index contributed by atoms with van der Waals surface area (Å²) in [6.45, 7) is 2.87. The lowest BCUT2D eigenvalue weighted by molar-refractivity contribution is 0.249. The summed E-state index contributed by atoms with van der Waals surface area (Å²) >= 11 is 0. The second-order valence-corrected chi connectivity index (χ2v) is 6.50. The zero-order chi connectivity index (χ0) is 13.2. The van der Waals surface area contributed by atoms with E-state index in [1.807, 2.05) is 6.92 Å². The van der Waals surface area contributed by atoms with Crippen molar-refractivity contribution in [2.75, 3.05) is 18.8 Å². The second kappa shape index (κ2) is 5.24. The summed E-state index contributed by atoms with van der Waals surface area (Å²) in [4.78, 5) is 3.92. The van der Waals surface area contributed by atoms with Crippen molar-refractivity contribution < 1.29 is 8.42 Å². The second-order valence-electron chi connectivity index (χ2n) is 4.65. The number of hydrogen-bond acceptors (Lipinski definition) is 4. The Kier molecular flexibility index (Phi) is 3.87. The number of rotatable bonds is 5. The van der Waals surface area contributed by atoms with Gasteiger partial charge >= 0.3 is 0 Å². The van der Waals surface area contributed by atoms with Crippen LogP contribution in [0, 0.1) is 5.92 Å². The van der Waals surface area contributed by atoms with E-state index >= 15 is 0 Å². The largest absolute Gasteiger partial charge is 0.396 e. The van der Waals surface area contributed by atoms with Crippen molar-refractivity contribution in [3.63, 3.8) is 0 Å². The lowest BCUT2D eigenvalue weighted by atomic mass is 9.85. The Hall–Kier alpha value is -1.14.